The Bertz CT molecular complexity index is 6230. The molecule has 0 amide bonds. The number of hydrogen-bond donors (Lipinski definition) is 0. The average molecular weight is 1370 g/mol. The van der Waals surface area contributed by atoms with Crippen molar-refractivity contribution in [3.63, 3.8) is 0 Å². The monoisotopic (exact) mass is 1370 g/mol. The molecule has 0 bridgehead atoms. The van der Waals surface area contributed by atoms with E-state index in [1.807, 2.05) is 0 Å². The van der Waals surface area contributed by atoms with E-state index in [-0.39, 0.29) is 28.4 Å². The van der Waals surface area contributed by atoms with Crippen molar-refractivity contribution in [2.75, 3.05) is 9.80 Å². The highest BCUT2D eigenvalue weighted by Crippen LogP contribution is 2.55. The molecule has 0 aliphatic carbocycles. The summed E-state index contributed by atoms with van der Waals surface area (Å²) in [6.07, 6.45) is 0. The lowest BCUT2D eigenvalue weighted by Crippen LogP contribution is -2.61. The van der Waals surface area contributed by atoms with Crippen LogP contribution >= 0.6 is 0 Å². The van der Waals surface area contributed by atoms with E-state index in [1.54, 1.807) is 0 Å². The topological polar surface area (TPSA) is 29.5 Å². The fourth-order valence-electron chi connectivity index (χ4n) is 17.4. The summed E-state index contributed by atoms with van der Waals surface area (Å²) in [4.78, 5) is 5.30. The van der Waals surface area contributed by atoms with Crippen LogP contribution < -0.4 is 26.2 Å². The third-order valence-electron chi connectivity index (χ3n) is 22.9. The summed E-state index contributed by atoms with van der Waals surface area (Å²) in [7, 11) is 0. The van der Waals surface area contributed by atoms with E-state index < -0.39 is 0 Å². The third kappa shape index (κ3) is 10.3. The smallest absolute Gasteiger partial charge is 0.252 e. The molecular formula is C100H85BN4O. The fourth-order valence-corrected chi connectivity index (χ4v) is 17.4. The maximum absolute atomic E-state index is 7.86. The van der Waals surface area contributed by atoms with Gasteiger partial charge in [-0.05, 0) is 179 Å². The Morgan fingerprint density at radius 3 is 1.18 bits per heavy atom. The Kier molecular flexibility index (Phi) is 14.6. The highest BCUT2D eigenvalue weighted by Gasteiger charge is 2.47. The van der Waals surface area contributed by atoms with Crippen molar-refractivity contribution in [2.45, 2.75) is 105 Å². The van der Waals surface area contributed by atoms with Gasteiger partial charge in [-0.15, -0.1) is 0 Å². The molecule has 2 aliphatic heterocycles. The lowest BCUT2D eigenvalue weighted by Gasteiger charge is -2.45. The van der Waals surface area contributed by atoms with Gasteiger partial charge in [-0.1, -0.05) is 289 Å². The van der Waals surface area contributed by atoms with E-state index in [4.69, 9.17) is 4.42 Å². The zero-order chi connectivity index (χ0) is 72.4. The van der Waals surface area contributed by atoms with Gasteiger partial charge in [-0.2, -0.15) is 0 Å². The van der Waals surface area contributed by atoms with E-state index in [1.165, 1.54) is 65.8 Å². The maximum Gasteiger partial charge on any atom is 0.252 e. The van der Waals surface area contributed by atoms with Gasteiger partial charge in [-0.3, -0.25) is 0 Å². The summed E-state index contributed by atoms with van der Waals surface area (Å²) in [5, 5.41) is 7.09. The van der Waals surface area contributed by atoms with Crippen LogP contribution in [0.15, 0.2) is 302 Å². The zero-order valence-corrected chi connectivity index (χ0v) is 62.6. The standard InChI is InChI=1S/C100H85BN4O/c1-97(2,3)67-44-50-83-76(56-67)77-57-68(98(4,5)6)45-51-84(77)102(83)71-48-49-80-87(60-71)105(94-73(64-34-21-15-22-35-64)40-29-41-74(94)65-36-23-16-24-37-65)90-55-66(62-30-17-13-18-31-62)54-89-93(90)101(80)81-61-88(103-85-52-46-69(99(7,8)9)58-78(85)79-59-70(100(10,11)12)47-53-86(79)103)92-75-39-26-28-43-91(75)106-96(92)95(81)104(89)82-42-27-25-38-72(82)63-32-19-14-20-33-63/h13-61H,1-12H3. The van der Waals surface area contributed by atoms with E-state index in [9.17, 15) is 0 Å². The molecule has 0 saturated heterocycles. The number of benzene rings is 14. The van der Waals surface area contributed by atoms with Gasteiger partial charge >= 0.3 is 0 Å². The molecule has 0 fully saturated rings. The lowest BCUT2D eigenvalue weighted by atomic mass is 9.33. The summed E-state index contributed by atoms with van der Waals surface area (Å²) < 4.78 is 13.0. The molecule has 106 heavy (non-hydrogen) atoms. The number of aromatic nitrogens is 2. The first-order chi connectivity index (χ1) is 51.1. The summed E-state index contributed by atoms with van der Waals surface area (Å²) in [6.45, 7) is 27.6. The second-order valence-electron chi connectivity index (χ2n) is 33.7. The molecule has 6 heteroatoms. The number of fused-ring (bicyclic) bond motifs is 14. The molecule has 2 aliphatic rings. The first kappa shape index (κ1) is 64.9. The minimum absolute atomic E-state index is 0.0690. The van der Waals surface area contributed by atoms with Gasteiger partial charge in [0.2, 0.25) is 0 Å². The molecular weight excluding hydrogens is 1280 g/mol. The van der Waals surface area contributed by atoms with Gasteiger partial charge in [0.1, 0.15) is 5.58 Å². The fraction of sp³-hybridized carbons (Fsp3) is 0.160. The number of para-hydroxylation sites is 3. The predicted octanol–water partition coefficient (Wildman–Crippen LogP) is 25.7. The van der Waals surface area contributed by atoms with E-state index in [2.05, 4.69) is 399 Å². The molecule has 14 aromatic carbocycles. The van der Waals surface area contributed by atoms with E-state index in [0.29, 0.717) is 0 Å². The van der Waals surface area contributed by atoms with Crippen LogP contribution in [0.5, 0.6) is 0 Å². The van der Waals surface area contributed by atoms with Crippen LogP contribution in [0.4, 0.5) is 34.1 Å². The summed E-state index contributed by atoms with van der Waals surface area (Å²) in [5.41, 5.74) is 32.3. The number of hydrogen-bond acceptors (Lipinski definition) is 3. The number of anilines is 6. The first-order valence-electron chi connectivity index (χ1n) is 37.7. The molecule has 0 atom stereocenters. The zero-order valence-electron chi connectivity index (χ0n) is 62.6. The highest BCUT2D eigenvalue weighted by atomic mass is 16.3. The molecule has 0 N–H and O–H groups in total. The number of nitrogens with zero attached hydrogens (tertiary/aromatic N) is 4. The SMILES string of the molecule is CC(C)(C)c1ccc2c(c1)c1cc(C(C)(C)C)ccc1n2-c1ccc2c(c1)N(c1c(-c3ccccc3)cccc1-c1ccccc1)c1cc(-c3ccccc3)cc3c1B2c1cc(-n2c4ccc(C(C)(C)C)cc4c4cc(C(C)(C)C)ccc42)c2c(oc4ccccc42)c1N3c1ccccc1-c1ccccc1. The maximum atomic E-state index is 7.86. The molecule has 0 radical (unpaired) electrons. The second-order valence-corrected chi connectivity index (χ2v) is 33.7. The molecule has 514 valence electrons. The first-order valence-corrected chi connectivity index (χ1v) is 37.7. The second kappa shape index (κ2) is 23.8. The highest BCUT2D eigenvalue weighted by molar-refractivity contribution is 7.00. The molecule has 17 aromatic rings. The molecule has 19 rings (SSSR count). The molecule has 3 aromatic heterocycles. The minimum Gasteiger partial charge on any atom is -0.454 e. The van der Waals surface area contributed by atoms with Crippen molar-refractivity contribution < 1.29 is 4.42 Å². The van der Waals surface area contributed by atoms with Crippen molar-refractivity contribution >= 4 is 123 Å². The Morgan fingerprint density at radius 2 is 0.689 bits per heavy atom. The van der Waals surface area contributed by atoms with Crippen LogP contribution in [0.2, 0.25) is 0 Å². The predicted molar refractivity (Wildman–Crippen MR) is 453 cm³/mol. The van der Waals surface area contributed by atoms with Crippen LogP contribution in [-0.4, -0.2) is 15.8 Å². The van der Waals surface area contributed by atoms with E-state index >= 15 is 0 Å². The minimum atomic E-state index is -0.361. The quantitative estimate of drug-likeness (QED) is 0.142. The molecule has 0 spiro atoms. The van der Waals surface area contributed by atoms with Crippen LogP contribution in [-0.2, 0) is 21.7 Å². The van der Waals surface area contributed by atoms with Gasteiger partial charge in [0.05, 0.1) is 50.2 Å². The van der Waals surface area contributed by atoms with Gasteiger partial charge in [0.25, 0.3) is 6.71 Å². The third-order valence-corrected chi connectivity index (χ3v) is 22.9. The van der Waals surface area contributed by atoms with Crippen LogP contribution in [0.3, 0.4) is 0 Å². The Hall–Kier alpha value is -11.9. The van der Waals surface area contributed by atoms with Gasteiger partial charge in [0, 0.05) is 66.4 Å². The largest absolute Gasteiger partial charge is 0.454 e. The summed E-state index contributed by atoms with van der Waals surface area (Å²) in [6, 6.07) is 113. The Labute approximate surface area is 622 Å². The van der Waals surface area contributed by atoms with Crippen molar-refractivity contribution in [2.24, 2.45) is 0 Å². The summed E-state index contributed by atoms with van der Waals surface area (Å²) in [5.74, 6) is 0. The van der Waals surface area contributed by atoms with Gasteiger partial charge in [-0.25, -0.2) is 0 Å². The Morgan fingerprint density at radius 1 is 0.274 bits per heavy atom. The van der Waals surface area contributed by atoms with Crippen molar-refractivity contribution in [1.29, 1.82) is 0 Å². The van der Waals surface area contributed by atoms with E-state index in [0.717, 1.165) is 128 Å². The van der Waals surface area contributed by atoms with Gasteiger partial charge in [0.15, 0.2) is 5.58 Å². The molecule has 5 heterocycles. The van der Waals surface area contributed by atoms with Gasteiger partial charge < -0.3 is 23.4 Å². The van der Waals surface area contributed by atoms with Crippen LogP contribution in [0.25, 0.3) is 121 Å². The van der Waals surface area contributed by atoms with Crippen LogP contribution in [0, 0.1) is 0 Å². The van der Waals surface area contributed by atoms with Crippen molar-refractivity contribution in [3.05, 3.63) is 320 Å². The van der Waals surface area contributed by atoms with Crippen LogP contribution in [0.1, 0.15) is 105 Å². The molecule has 5 nitrogen and oxygen atoms in total. The molecule has 0 unspecified atom stereocenters. The van der Waals surface area contributed by atoms with Crippen molar-refractivity contribution in [1.82, 2.24) is 9.13 Å². The van der Waals surface area contributed by atoms with Crippen molar-refractivity contribution in [3.8, 4) is 55.9 Å². The number of furan rings is 1. The molecule has 0 saturated carbocycles. The average Bonchev–Trinajstić information content (AvgIpc) is 1.34. The number of rotatable bonds is 8. The summed E-state index contributed by atoms with van der Waals surface area (Å²) >= 11 is 0. The normalized spacial score (nSPS) is 13.2. The lowest BCUT2D eigenvalue weighted by molar-refractivity contribution is 0.590. The Balaban J connectivity index is 1.01.